The van der Waals surface area contributed by atoms with Crippen molar-refractivity contribution in [2.75, 3.05) is 39.6 Å². The molecular weight excluding hydrogens is 1200 g/mol. The average molecular weight is 1340 g/mol. The molecule has 0 aromatic heterocycles. The van der Waals surface area contributed by atoms with Crippen LogP contribution in [-0.4, -0.2) is 96.7 Å². The third kappa shape index (κ3) is 66.5. The molecule has 0 aromatic rings. The number of phosphoric ester groups is 2. The molecule has 0 rings (SSSR count). The predicted molar refractivity (Wildman–Crippen MR) is 368 cm³/mol. The van der Waals surface area contributed by atoms with E-state index in [1.807, 2.05) is 0 Å². The maximum Gasteiger partial charge on any atom is 0.472 e. The van der Waals surface area contributed by atoms with Gasteiger partial charge in [0.15, 0.2) is 12.2 Å². The molecule has 0 aliphatic carbocycles. The second kappa shape index (κ2) is 64.1. The number of unbranched alkanes of at least 4 members (excludes halogenated alkanes) is 41. The number of hydrogen-bond donors (Lipinski definition) is 3. The molecule has 5 atom stereocenters. The van der Waals surface area contributed by atoms with E-state index in [-0.39, 0.29) is 25.7 Å². The van der Waals surface area contributed by atoms with Gasteiger partial charge < -0.3 is 33.8 Å². The largest absolute Gasteiger partial charge is 0.472 e. The highest BCUT2D eigenvalue weighted by Crippen LogP contribution is 2.45. The van der Waals surface area contributed by atoms with Gasteiger partial charge in [-0.1, -0.05) is 318 Å². The number of esters is 4. The van der Waals surface area contributed by atoms with Gasteiger partial charge in [0.25, 0.3) is 0 Å². The molecule has 0 saturated carbocycles. The first-order valence-corrected chi connectivity index (χ1v) is 40.5. The molecule has 0 aromatic carbocycles. The second-order valence-electron chi connectivity index (χ2n) is 26.9. The summed E-state index contributed by atoms with van der Waals surface area (Å²) in [6.07, 6.45) is 50.4. The van der Waals surface area contributed by atoms with Gasteiger partial charge in [0.1, 0.15) is 19.3 Å². The van der Waals surface area contributed by atoms with Crippen LogP contribution in [0.15, 0.2) is 0 Å². The standard InChI is InChI=1S/C72H140O17P2/c1-7-9-11-13-14-15-25-33-38-44-50-56-71(76)88-67(60-82-69(74)54-48-40-12-10-8-2)62-86-90(78,79)84-58-66(73)59-85-91(80,81)87-63-68(61-83-70(75)55-49-43-37-32-29-24-27-31-36-42-47-53-65(5)6)89-72(77)57-51-45-39-34-28-23-21-19-17-16-18-20-22-26-30-35-41-46-52-64(3)4/h64-68,73H,7-63H2,1-6H3,(H,78,79)(H,80,81)/t66-,67+,68+/m0/s1. The predicted octanol–water partition coefficient (Wildman–Crippen LogP) is 20.8. The fourth-order valence-corrected chi connectivity index (χ4v) is 12.5. The maximum absolute atomic E-state index is 13.0. The van der Waals surface area contributed by atoms with Crippen molar-refractivity contribution in [2.45, 2.75) is 387 Å². The van der Waals surface area contributed by atoms with Gasteiger partial charge in [-0.15, -0.1) is 0 Å². The van der Waals surface area contributed by atoms with Crippen LogP contribution in [-0.2, 0) is 65.4 Å². The number of ether oxygens (including phenoxy) is 4. The van der Waals surface area contributed by atoms with Crippen LogP contribution in [0.3, 0.4) is 0 Å². The number of carbonyl (C=O) groups excluding carboxylic acids is 4. The third-order valence-corrected chi connectivity index (χ3v) is 18.6. The van der Waals surface area contributed by atoms with E-state index in [4.69, 9.17) is 37.0 Å². The van der Waals surface area contributed by atoms with E-state index in [1.165, 1.54) is 180 Å². The van der Waals surface area contributed by atoms with Gasteiger partial charge in [-0.05, 0) is 37.5 Å². The summed E-state index contributed by atoms with van der Waals surface area (Å²) in [5.74, 6) is -0.541. The first-order valence-electron chi connectivity index (χ1n) is 37.5. The van der Waals surface area contributed by atoms with Crippen molar-refractivity contribution in [2.24, 2.45) is 11.8 Å². The van der Waals surface area contributed by atoms with Crippen LogP contribution >= 0.6 is 15.6 Å². The van der Waals surface area contributed by atoms with E-state index in [0.29, 0.717) is 25.7 Å². The van der Waals surface area contributed by atoms with E-state index in [1.54, 1.807) is 0 Å². The highest BCUT2D eigenvalue weighted by atomic mass is 31.2. The Bertz CT molecular complexity index is 1770. The third-order valence-electron chi connectivity index (χ3n) is 16.7. The molecule has 0 aliphatic heterocycles. The lowest BCUT2D eigenvalue weighted by Crippen LogP contribution is -2.30. The van der Waals surface area contributed by atoms with E-state index in [9.17, 15) is 43.2 Å². The Balaban J connectivity index is 5.12. The van der Waals surface area contributed by atoms with E-state index >= 15 is 0 Å². The molecule has 0 saturated heterocycles. The minimum absolute atomic E-state index is 0.106. The van der Waals surface area contributed by atoms with Crippen molar-refractivity contribution in [1.29, 1.82) is 0 Å². The van der Waals surface area contributed by atoms with E-state index in [0.717, 1.165) is 108 Å². The quantitative estimate of drug-likeness (QED) is 0.0222. The number of aliphatic hydroxyl groups is 1. The highest BCUT2D eigenvalue weighted by molar-refractivity contribution is 7.47. The Morgan fingerprint density at radius 3 is 0.747 bits per heavy atom. The van der Waals surface area contributed by atoms with Crippen LogP contribution in [0.4, 0.5) is 0 Å². The zero-order valence-electron chi connectivity index (χ0n) is 59.1. The van der Waals surface area contributed by atoms with Gasteiger partial charge in [0, 0.05) is 25.7 Å². The van der Waals surface area contributed by atoms with Gasteiger partial charge in [-0.2, -0.15) is 0 Å². The molecule has 19 heteroatoms. The number of rotatable bonds is 71. The fourth-order valence-electron chi connectivity index (χ4n) is 10.9. The lowest BCUT2D eigenvalue weighted by Gasteiger charge is -2.21. The fraction of sp³-hybridized carbons (Fsp3) is 0.944. The van der Waals surface area contributed by atoms with E-state index in [2.05, 4.69) is 41.5 Å². The number of hydrogen-bond acceptors (Lipinski definition) is 15. The SMILES string of the molecule is CCCCCCCCCCCCCC(=O)O[C@H](COC(=O)CCCCCCC)COP(=O)(O)OC[C@H](O)COP(=O)(O)OC[C@@H](COC(=O)CCCCCCCCCCCCCC(C)C)OC(=O)CCCCCCCCCCCCCCCCCCCCC(C)C. The molecule has 540 valence electrons. The van der Waals surface area contributed by atoms with Crippen LogP contribution < -0.4 is 0 Å². The molecular formula is C72H140O17P2. The van der Waals surface area contributed by atoms with Crippen LogP contribution in [0.25, 0.3) is 0 Å². The summed E-state index contributed by atoms with van der Waals surface area (Å²) in [6, 6.07) is 0. The van der Waals surface area contributed by atoms with Gasteiger partial charge in [-0.3, -0.25) is 37.3 Å². The van der Waals surface area contributed by atoms with Crippen LogP contribution in [0.2, 0.25) is 0 Å². The zero-order valence-corrected chi connectivity index (χ0v) is 60.9. The lowest BCUT2D eigenvalue weighted by molar-refractivity contribution is -0.161. The molecule has 0 radical (unpaired) electrons. The second-order valence-corrected chi connectivity index (χ2v) is 29.8. The summed E-state index contributed by atoms with van der Waals surface area (Å²) in [5.41, 5.74) is 0. The number of aliphatic hydroxyl groups excluding tert-OH is 1. The lowest BCUT2D eigenvalue weighted by atomic mass is 10.0. The number of carbonyl (C=O) groups is 4. The molecule has 17 nitrogen and oxygen atoms in total. The summed E-state index contributed by atoms with van der Waals surface area (Å²) < 4.78 is 68.1. The van der Waals surface area contributed by atoms with Crippen molar-refractivity contribution in [3.63, 3.8) is 0 Å². The topological polar surface area (TPSA) is 237 Å². The van der Waals surface area contributed by atoms with Crippen molar-refractivity contribution in [3.8, 4) is 0 Å². The molecule has 0 aliphatic rings. The summed E-state index contributed by atoms with van der Waals surface area (Å²) >= 11 is 0. The Kier molecular flexibility index (Phi) is 62.7. The molecule has 0 amide bonds. The molecule has 0 heterocycles. The minimum atomic E-state index is -4.95. The Hall–Kier alpha value is -1.94. The molecule has 2 unspecified atom stereocenters. The monoisotopic (exact) mass is 1340 g/mol. The van der Waals surface area contributed by atoms with Gasteiger partial charge in [0.05, 0.1) is 26.4 Å². The van der Waals surface area contributed by atoms with Crippen LogP contribution in [0.1, 0.15) is 369 Å². The zero-order chi connectivity index (χ0) is 67.2. The molecule has 0 fully saturated rings. The molecule has 3 N–H and O–H groups in total. The van der Waals surface area contributed by atoms with E-state index < -0.39 is 97.5 Å². The summed E-state index contributed by atoms with van der Waals surface area (Å²) in [6.45, 7) is 9.51. The Morgan fingerprint density at radius 2 is 0.505 bits per heavy atom. The summed E-state index contributed by atoms with van der Waals surface area (Å²) in [4.78, 5) is 72.3. The van der Waals surface area contributed by atoms with Crippen molar-refractivity contribution < 1.29 is 80.2 Å². The van der Waals surface area contributed by atoms with Crippen molar-refractivity contribution in [3.05, 3.63) is 0 Å². The average Bonchev–Trinajstić information content (AvgIpc) is 3.11. The summed E-state index contributed by atoms with van der Waals surface area (Å²) in [5, 5.41) is 10.6. The smallest absolute Gasteiger partial charge is 0.462 e. The van der Waals surface area contributed by atoms with Gasteiger partial charge >= 0.3 is 39.5 Å². The van der Waals surface area contributed by atoms with Crippen LogP contribution in [0, 0.1) is 11.8 Å². The molecule has 0 bridgehead atoms. The highest BCUT2D eigenvalue weighted by Gasteiger charge is 2.30. The van der Waals surface area contributed by atoms with Gasteiger partial charge in [-0.25, -0.2) is 9.13 Å². The Morgan fingerprint density at radius 1 is 0.297 bits per heavy atom. The summed E-state index contributed by atoms with van der Waals surface area (Å²) in [7, 11) is -9.89. The first kappa shape index (κ1) is 89.1. The molecule has 0 spiro atoms. The van der Waals surface area contributed by atoms with Crippen LogP contribution in [0.5, 0.6) is 0 Å². The number of phosphoric acid groups is 2. The first-order chi connectivity index (χ1) is 43.9. The van der Waals surface area contributed by atoms with Crippen molar-refractivity contribution in [1.82, 2.24) is 0 Å². The van der Waals surface area contributed by atoms with Gasteiger partial charge in [0.2, 0.25) is 0 Å². The minimum Gasteiger partial charge on any atom is -0.462 e. The maximum atomic E-state index is 13.0. The Labute approximate surface area is 556 Å². The molecule has 91 heavy (non-hydrogen) atoms. The normalized spacial score (nSPS) is 14.1. The van der Waals surface area contributed by atoms with Crippen molar-refractivity contribution >= 4 is 39.5 Å².